The number of rotatable bonds is 4. The van der Waals surface area contributed by atoms with Gasteiger partial charge in [-0.15, -0.1) is 0 Å². The average molecular weight is 404 g/mol. The number of aromatic nitrogens is 2. The Morgan fingerprint density at radius 3 is 2.79 bits per heavy atom. The molecule has 0 radical (unpaired) electrons. The Kier molecular flexibility index (Phi) is 5.33. The van der Waals surface area contributed by atoms with Crippen molar-refractivity contribution in [2.45, 2.75) is 25.3 Å². The lowest BCUT2D eigenvalue weighted by Gasteiger charge is -2.33. The molecule has 3 aromatic rings. The molecule has 1 aliphatic heterocycles. The molecule has 2 aromatic carbocycles. The molecule has 1 atom stereocenters. The number of aromatic hydroxyl groups is 1. The van der Waals surface area contributed by atoms with Gasteiger partial charge < -0.3 is 5.11 Å². The summed E-state index contributed by atoms with van der Waals surface area (Å²) in [6.45, 7) is 2.12. The molecular weight excluding hydrogens is 384 g/mol. The molecule has 1 saturated heterocycles. The van der Waals surface area contributed by atoms with Crippen LogP contribution >= 0.6 is 11.6 Å². The lowest BCUT2D eigenvalue weighted by atomic mass is 9.90. The van der Waals surface area contributed by atoms with Crippen LogP contribution in [0.2, 0.25) is 5.02 Å². The van der Waals surface area contributed by atoms with E-state index in [0.717, 1.165) is 30.6 Å². The number of H-pyrrole nitrogens is 1. The fourth-order valence-electron chi connectivity index (χ4n) is 3.92. The fourth-order valence-corrected chi connectivity index (χ4v) is 4.11. The number of phenols is 1. The number of aromatic amines is 1. The van der Waals surface area contributed by atoms with Crippen LogP contribution in [0.25, 0.3) is 11.1 Å². The molecule has 146 valence electrons. The average Bonchev–Trinajstić information content (AvgIpc) is 3.14. The lowest BCUT2D eigenvalue weighted by molar-refractivity contribution is 0.197. The van der Waals surface area contributed by atoms with Gasteiger partial charge in [-0.1, -0.05) is 17.7 Å². The Labute approximate surface area is 166 Å². The van der Waals surface area contributed by atoms with Gasteiger partial charge in [-0.2, -0.15) is 5.10 Å². The van der Waals surface area contributed by atoms with Gasteiger partial charge in [-0.05, 0) is 49.7 Å². The third-order valence-corrected chi connectivity index (χ3v) is 5.49. The molecule has 28 heavy (non-hydrogen) atoms. The van der Waals surface area contributed by atoms with Crippen molar-refractivity contribution in [3.63, 3.8) is 0 Å². The van der Waals surface area contributed by atoms with E-state index in [1.54, 1.807) is 18.2 Å². The molecule has 0 amide bonds. The molecule has 4 nitrogen and oxygen atoms in total. The van der Waals surface area contributed by atoms with Crippen LogP contribution < -0.4 is 0 Å². The van der Waals surface area contributed by atoms with Crippen molar-refractivity contribution >= 4 is 11.6 Å². The first kappa shape index (κ1) is 18.9. The zero-order chi connectivity index (χ0) is 19.7. The minimum Gasteiger partial charge on any atom is -0.508 e. The lowest BCUT2D eigenvalue weighted by Crippen LogP contribution is -2.34. The van der Waals surface area contributed by atoms with Crippen LogP contribution in [0.3, 0.4) is 0 Å². The number of halogens is 3. The molecule has 1 fully saturated rings. The van der Waals surface area contributed by atoms with Crippen molar-refractivity contribution < 1.29 is 13.9 Å². The van der Waals surface area contributed by atoms with Crippen LogP contribution in [0.15, 0.2) is 42.6 Å². The molecule has 4 rings (SSSR count). The molecule has 1 aliphatic rings. The van der Waals surface area contributed by atoms with Crippen molar-refractivity contribution in [2.24, 2.45) is 0 Å². The Hall–Kier alpha value is -2.44. The normalized spacial score (nSPS) is 17.8. The maximum Gasteiger partial charge on any atom is 0.134 e. The number of likely N-dealkylation sites (tertiary alicyclic amines) is 1. The van der Waals surface area contributed by atoms with Crippen molar-refractivity contribution in [3.05, 3.63) is 70.5 Å². The Bertz CT molecular complexity index is 971. The van der Waals surface area contributed by atoms with Crippen LogP contribution in [0.4, 0.5) is 8.78 Å². The maximum absolute atomic E-state index is 14.3. The van der Waals surface area contributed by atoms with Gasteiger partial charge in [0.1, 0.15) is 17.4 Å². The fraction of sp³-hybridized carbons (Fsp3) is 0.286. The smallest absolute Gasteiger partial charge is 0.134 e. The van der Waals surface area contributed by atoms with Crippen LogP contribution in [0.1, 0.15) is 30.0 Å². The van der Waals surface area contributed by atoms with Crippen molar-refractivity contribution in [1.29, 1.82) is 0 Å². The zero-order valence-electron chi connectivity index (χ0n) is 15.1. The van der Waals surface area contributed by atoms with Gasteiger partial charge in [0.05, 0.1) is 11.8 Å². The van der Waals surface area contributed by atoms with Crippen molar-refractivity contribution in [2.75, 3.05) is 13.1 Å². The zero-order valence-corrected chi connectivity index (χ0v) is 15.9. The predicted molar refractivity (Wildman–Crippen MR) is 104 cm³/mol. The van der Waals surface area contributed by atoms with E-state index in [-0.39, 0.29) is 17.2 Å². The summed E-state index contributed by atoms with van der Waals surface area (Å²) in [7, 11) is 0. The third kappa shape index (κ3) is 3.75. The molecular formula is C21H20ClF2N3O. The summed E-state index contributed by atoms with van der Waals surface area (Å²) in [5, 5.41) is 17.7. The van der Waals surface area contributed by atoms with Crippen LogP contribution in [-0.2, 0) is 6.54 Å². The quantitative estimate of drug-likeness (QED) is 0.637. The van der Waals surface area contributed by atoms with Gasteiger partial charge in [0.2, 0.25) is 0 Å². The first-order chi connectivity index (χ1) is 13.5. The Balaban J connectivity index is 1.58. The summed E-state index contributed by atoms with van der Waals surface area (Å²) in [4.78, 5) is 2.21. The number of phenolic OH excluding ortho intramolecular Hbond substituents is 1. The van der Waals surface area contributed by atoms with E-state index in [1.165, 1.54) is 24.4 Å². The number of hydrogen-bond donors (Lipinski definition) is 2. The van der Waals surface area contributed by atoms with Gasteiger partial charge in [-0.3, -0.25) is 10.00 Å². The highest BCUT2D eigenvalue weighted by Gasteiger charge is 2.27. The van der Waals surface area contributed by atoms with E-state index in [0.29, 0.717) is 23.7 Å². The second kappa shape index (κ2) is 7.89. The van der Waals surface area contributed by atoms with E-state index < -0.39 is 11.6 Å². The Morgan fingerprint density at radius 2 is 2.00 bits per heavy atom. The van der Waals surface area contributed by atoms with E-state index in [1.807, 2.05) is 0 Å². The SMILES string of the molecule is Oc1ccc(Cl)cc1CN1CCC[C@@H](c2[nH]ncc2-c2c(F)cccc2F)C1. The summed E-state index contributed by atoms with van der Waals surface area (Å²) in [5.41, 5.74) is 1.92. The highest BCUT2D eigenvalue weighted by atomic mass is 35.5. The second-order valence-corrected chi connectivity index (χ2v) is 7.58. The molecule has 2 heterocycles. The monoisotopic (exact) mass is 403 g/mol. The summed E-state index contributed by atoms with van der Waals surface area (Å²) >= 11 is 6.05. The van der Waals surface area contributed by atoms with E-state index in [9.17, 15) is 13.9 Å². The third-order valence-electron chi connectivity index (χ3n) is 5.25. The molecule has 2 N–H and O–H groups in total. The summed E-state index contributed by atoms with van der Waals surface area (Å²) in [6, 6.07) is 8.87. The van der Waals surface area contributed by atoms with Gasteiger partial charge >= 0.3 is 0 Å². The number of nitrogens with zero attached hydrogens (tertiary/aromatic N) is 2. The minimum absolute atomic E-state index is 0.0455. The first-order valence-electron chi connectivity index (χ1n) is 9.20. The highest BCUT2D eigenvalue weighted by molar-refractivity contribution is 6.30. The molecule has 0 bridgehead atoms. The Morgan fingerprint density at radius 1 is 1.21 bits per heavy atom. The van der Waals surface area contributed by atoms with Crippen molar-refractivity contribution in [3.8, 4) is 16.9 Å². The van der Waals surface area contributed by atoms with E-state index >= 15 is 0 Å². The summed E-state index contributed by atoms with van der Waals surface area (Å²) in [6.07, 6.45) is 3.31. The van der Waals surface area contributed by atoms with Crippen molar-refractivity contribution in [1.82, 2.24) is 15.1 Å². The van der Waals surface area contributed by atoms with Crippen LogP contribution in [0, 0.1) is 11.6 Å². The molecule has 7 heteroatoms. The van der Waals surface area contributed by atoms with Crippen LogP contribution in [-0.4, -0.2) is 33.3 Å². The number of benzene rings is 2. The predicted octanol–water partition coefficient (Wildman–Crippen LogP) is 5.09. The standard InChI is InChI=1S/C21H20ClF2N3O/c22-15-6-7-19(28)14(9-15)12-27-8-2-3-13(11-27)21-16(10-25-26-21)20-17(23)4-1-5-18(20)24/h1,4-7,9-10,13,28H,2-3,8,11-12H2,(H,25,26)/t13-/m1/s1. The van der Waals surface area contributed by atoms with Gasteiger partial charge in [-0.25, -0.2) is 8.78 Å². The highest BCUT2D eigenvalue weighted by Crippen LogP contribution is 2.36. The van der Waals surface area contributed by atoms with E-state index in [2.05, 4.69) is 15.1 Å². The largest absolute Gasteiger partial charge is 0.508 e. The molecule has 0 spiro atoms. The number of hydrogen-bond acceptors (Lipinski definition) is 3. The summed E-state index contributed by atoms with van der Waals surface area (Å²) < 4.78 is 28.5. The topological polar surface area (TPSA) is 52.1 Å². The van der Waals surface area contributed by atoms with Gasteiger partial charge in [0.25, 0.3) is 0 Å². The van der Waals surface area contributed by atoms with E-state index in [4.69, 9.17) is 11.6 Å². The maximum atomic E-state index is 14.3. The number of piperidine rings is 1. The molecule has 0 unspecified atom stereocenters. The van der Waals surface area contributed by atoms with Crippen LogP contribution in [0.5, 0.6) is 5.75 Å². The molecule has 0 aliphatic carbocycles. The molecule has 1 aromatic heterocycles. The number of nitrogens with one attached hydrogen (secondary N) is 1. The van der Waals surface area contributed by atoms with Gasteiger partial charge in [0, 0.05) is 40.9 Å². The second-order valence-electron chi connectivity index (χ2n) is 7.14. The summed E-state index contributed by atoms with van der Waals surface area (Å²) in [5.74, 6) is -0.924. The van der Waals surface area contributed by atoms with Gasteiger partial charge in [0.15, 0.2) is 0 Å². The first-order valence-corrected chi connectivity index (χ1v) is 9.58. The minimum atomic E-state index is -0.598. The molecule has 0 saturated carbocycles.